The number of thiocarbonyl (C=S) groups is 1. The monoisotopic (exact) mass is 414 g/mol. The number of nitrogens with two attached hydrogens (primary N) is 1. The van der Waals surface area contributed by atoms with Gasteiger partial charge in [0.15, 0.2) is 0 Å². The van der Waals surface area contributed by atoms with E-state index in [9.17, 15) is 0 Å². The number of anilines is 2. The molecular formula is C14H12Br2N2OS. The third-order valence-corrected chi connectivity index (χ3v) is 4.09. The molecule has 0 saturated carbocycles. The third kappa shape index (κ3) is 3.50. The van der Waals surface area contributed by atoms with E-state index in [2.05, 4.69) is 37.2 Å². The Hall–Kier alpha value is -1.11. The molecule has 2 rings (SSSR count). The molecule has 0 aliphatic carbocycles. The fourth-order valence-electron chi connectivity index (χ4n) is 1.71. The van der Waals surface area contributed by atoms with Gasteiger partial charge in [-0.3, -0.25) is 0 Å². The van der Waals surface area contributed by atoms with Crippen LogP contribution < -0.4 is 15.8 Å². The first-order valence-electron chi connectivity index (χ1n) is 5.71. The van der Waals surface area contributed by atoms with Gasteiger partial charge >= 0.3 is 0 Å². The van der Waals surface area contributed by atoms with Gasteiger partial charge < -0.3 is 15.8 Å². The summed E-state index contributed by atoms with van der Waals surface area (Å²) in [5.41, 5.74) is 8.25. The number of methoxy groups -OCH3 is 1. The number of benzene rings is 2. The second-order valence-corrected chi connectivity index (χ2v) is 6.23. The SMILES string of the molecule is COc1ccc(Br)c(Nc2cc(Br)ccc2C(N)=S)c1. The Kier molecular flexibility index (Phi) is 5.01. The predicted octanol–water partition coefficient (Wildman–Crippen LogP) is 4.60. The van der Waals surface area contributed by atoms with E-state index in [0.717, 1.165) is 31.6 Å². The van der Waals surface area contributed by atoms with Crippen LogP contribution in [0.5, 0.6) is 5.75 Å². The lowest BCUT2D eigenvalue weighted by Gasteiger charge is -2.14. The number of hydrogen-bond donors (Lipinski definition) is 2. The second-order valence-electron chi connectivity index (χ2n) is 4.02. The van der Waals surface area contributed by atoms with Crippen molar-refractivity contribution >= 4 is 60.4 Å². The second kappa shape index (κ2) is 6.56. The average molecular weight is 416 g/mol. The van der Waals surface area contributed by atoms with Crippen LogP contribution in [0.2, 0.25) is 0 Å². The summed E-state index contributed by atoms with van der Waals surface area (Å²) in [4.78, 5) is 0.346. The predicted molar refractivity (Wildman–Crippen MR) is 94.0 cm³/mol. The first-order chi connectivity index (χ1) is 9.51. The molecular weight excluding hydrogens is 404 g/mol. The van der Waals surface area contributed by atoms with Crippen LogP contribution in [0, 0.1) is 0 Å². The number of rotatable bonds is 4. The van der Waals surface area contributed by atoms with Crippen LogP contribution in [0.1, 0.15) is 5.56 Å². The highest BCUT2D eigenvalue weighted by molar-refractivity contribution is 9.10. The number of hydrogen-bond acceptors (Lipinski definition) is 3. The molecule has 0 heterocycles. The van der Waals surface area contributed by atoms with E-state index < -0.39 is 0 Å². The van der Waals surface area contributed by atoms with Crippen LogP contribution in [0.15, 0.2) is 45.3 Å². The molecule has 0 aliphatic rings. The zero-order chi connectivity index (χ0) is 14.7. The van der Waals surface area contributed by atoms with Gasteiger partial charge in [0.1, 0.15) is 10.7 Å². The normalized spacial score (nSPS) is 10.2. The van der Waals surface area contributed by atoms with Crippen molar-refractivity contribution in [1.82, 2.24) is 0 Å². The van der Waals surface area contributed by atoms with Gasteiger partial charge in [-0.15, -0.1) is 0 Å². The molecule has 0 spiro atoms. The van der Waals surface area contributed by atoms with Crippen molar-refractivity contribution in [1.29, 1.82) is 0 Å². The molecule has 2 aromatic carbocycles. The molecule has 0 bridgehead atoms. The summed E-state index contributed by atoms with van der Waals surface area (Å²) >= 11 is 12.0. The first kappa shape index (κ1) is 15.3. The molecule has 0 fully saturated rings. The molecule has 0 amide bonds. The lowest BCUT2D eigenvalue weighted by atomic mass is 10.1. The topological polar surface area (TPSA) is 47.3 Å². The van der Waals surface area contributed by atoms with E-state index >= 15 is 0 Å². The van der Waals surface area contributed by atoms with E-state index in [1.165, 1.54) is 0 Å². The maximum atomic E-state index is 5.75. The largest absolute Gasteiger partial charge is 0.497 e. The zero-order valence-corrected chi connectivity index (χ0v) is 14.6. The fraction of sp³-hybridized carbons (Fsp3) is 0.0714. The van der Waals surface area contributed by atoms with E-state index in [4.69, 9.17) is 22.7 Å². The third-order valence-electron chi connectivity index (χ3n) is 2.69. The lowest BCUT2D eigenvalue weighted by Crippen LogP contribution is -2.12. The summed E-state index contributed by atoms with van der Waals surface area (Å²) in [6, 6.07) is 11.4. The van der Waals surface area contributed by atoms with Gasteiger partial charge in [-0.1, -0.05) is 28.1 Å². The Labute approximate surface area is 139 Å². The molecule has 6 heteroatoms. The Bertz CT molecular complexity index is 662. The van der Waals surface area contributed by atoms with Crippen molar-refractivity contribution in [2.24, 2.45) is 5.73 Å². The number of nitrogens with one attached hydrogen (secondary N) is 1. The van der Waals surface area contributed by atoms with Crippen LogP contribution >= 0.6 is 44.1 Å². The van der Waals surface area contributed by atoms with E-state index in [1.807, 2.05) is 36.4 Å². The van der Waals surface area contributed by atoms with Crippen molar-refractivity contribution in [2.45, 2.75) is 0 Å². The highest BCUT2D eigenvalue weighted by Crippen LogP contribution is 2.32. The molecule has 0 atom stereocenters. The molecule has 3 nitrogen and oxygen atoms in total. The Morgan fingerprint density at radius 2 is 1.90 bits per heavy atom. The summed E-state index contributed by atoms with van der Waals surface area (Å²) in [6.07, 6.45) is 0. The van der Waals surface area contributed by atoms with Crippen molar-refractivity contribution < 1.29 is 4.74 Å². The standard InChI is InChI=1S/C14H12Br2N2OS/c1-19-9-3-5-11(16)13(7-9)18-12-6-8(15)2-4-10(12)14(17)20/h2-7,18H,1H3,(H2,17,20). The molecule has 0 saturated heterocycles. The lowest BCUT2D eigenvalue weighted by molar-refractivity contribution is 0.415. The van der Waals surface area contributed by atoms with Crippen LogP contribution in [0.4, 0.5) is 11.4 Å². The van der Waals surface area contributed by atoms with Crippen LogP contribution in [0.25, 0.3) is 0 Å². The average Bonchev–Trinajstić information content (AvgIpc) is 2.41. The summed E-state index contributed by atoms with van der Waals surface area (Å²) in [7, 11) is 1.63. The van der Waals surface area contributed by atoms with Gasteiger partial charge in [-0.05, 0) is 46.3 Å². The van der Waals surface area contributed by atoms with E-state index in [0.29, 0.717) is 4.99 Å². The first-order valence-corrected chi connectivity index (χ1v) is 7.70. The van der Waals surface area contributed by atoms with Gasteiger partial charge in [-0.25, -0.2) is 0 Å². The van der Waals surface area contributed by atoms with Crippen LogP contribution in [-0.4, -0.2) is 12.1 Å². The smallest absolute Gasteiger partial charge is 0.121 e. The quantitative estimate of drug-likeness (QED) is 0.716. The highest BCUT2D eigenvalue weighted by atomic mass is 79.9. The van der Waals surface area contributed by atoms with Crippen LogP contribution in [0.3, 0.4) is 0 Å². The van der Waals surface area contributed by atoms with Gasteiger partial charge in [-0.2, -0.15) is 0 Å². The fourth-order valence-corrected chi connectivity index (χ4v) is 2.59. The zero-order valence-electron chi connectivity index (χ0n) is 10.6. The molecule has 2 aromatic rings. The molecule has 0 radical (unpaired) electrons. The van der Waals surface area contributed by atoms with Gasteiger partial charge in [0.05, 0.1) is 12.8 Å². The number of ether oxygens (including phenoxy) is 1. The van der Waals surface area contributed by atoms with Crippen molar-refractivity contribution in [2.75, 3.05) is 12.4 Å². The minimum atomic E-state index is 0.346. The summed E-state index contributed by atoms with van der Waals surface area (Å²) in [5.74, 6) is 0.766. The molecule has 3 N–H and O–H groups in total. The van der Waals surface area contributed by atoms with Crippen molar-refractivity contribution in [3.63, 3.8) is 0 Å². The van der Waals surface area contributed by atoms with Crippen molar-refractivity contribution in [3.05, 3.63) is 50.9 Å². The molecule has 104 valence electrons. The van der Waals surface area contributed by atoms with E-state index in [1.54, 1.807) is 7.11 Å². The number of halogens is 2. The Morgan fingerprint density at radius 3 is 2.55 bits per heavy atom. The van der Waals surface area contributed by atoms with Gasteiger partial charge in [0.2, 0.25) is 0 Å². The maximum Gasteiger partial charge on any atom is 0.121 e. The molecule has 0 aromatic heterocycles. The Morgan fingerprint density at radius 1 is 1.15 bits per heavy atom. The molecule has 20 heavy (non-hydrogen) atoms. The minimum absolute atomic E-state index is 0.346. The summed E-state index contributed by atoms with van der Waals surface area (Å²) in [5, 5.41) is 3.31. The molecule has 0 unspecified atom stereocenters. The summed E-state index contributed by atoms with van der Waals surface area (Å²) in [6.45, 7) is 0. The Balaban J connectivity index is 2.43. The van der Waals surface area contributed by atoms with Gasteiger partial charge in [0.25, 0.3) is 0 Å². The van der Waals surface area contributed by atoms with Crippen LogP contribution in [-0.2, 0) is 0 Å². The summed E-state index contributed by atoms with van der Waals surface area (Å²) < 4.78 is 7.10. The van der Waals surface area contributed by atoms with Crippen molar-refractivity contribution in [3.8, 4) is 5.75 Å². The van der Waals surface area contributed by atoms with Gasteiger partial charge in [0, 0.05) is 26.3 Å². The minimum Gasteiger partial charge on any atom is -0.497 e. The molecule has 0 aliphatic heterocycles. The highest BCUT2D eigenvalue weighted by Gasteiger charge is 2.09. The van der Waals surface area contributed by atoms with E-state index in [-0.39, 0.29) is 0 Å². The maximum absolute atomic E-state index is 5.75.